The van der Waals surface area contributed by atoms with Crippen LogP contribution in [0.3, 0.4) is 0 Å². The van der Waals surface area contributed by atoms with Gasteiger partial charge in [-0.2, -0.15) is 0 Å². The van der Waals surface area contributed by atoms with Gasteiger partial charge in [-0.05, 0) is 32.3 Å². The predicted octanol–water partition coefficient (Wildman–Crippen LogP) is 2.94. The van der Waals surface area contributed by atoms with Gasteiger partial charge in [0.05, 0.1) is 0 Å². The Bertz CT molecular complexity index is 453. The van der Waals surface area contributed by atoms with Gasteiger partial charge >= 0.3 is 54.9 Å². The van der Waals surface area contributed by atoms with E-state index in [9.17, 15) is 9.90 Å². The van der Waals surface area contributed by atoms with Crippen molar-refractivity contribution in [2.24, 2.45) is 0 Å². The molecule has 104 valence electrons. The van der Waals surface area contributed by atoms with Crippen LogP contribution >= 0.6 is 0 Å². The zero-order valence-corrected chi connectivity index (χ0v) is 12.0. The monoisotopic (exact) mass is 390 g/mol. The van der Waals surface area contributed by atoms with E-state index in [1.807, 2.05) is 47.6 Å². The second-order valence-electron chi connectivity index (χ2n) is 6.45. The van der Waals surface area contributed by atoms with Gasteiger partial charge in [-0.1, -0.05) is 32.9 Å². The number of carbonyl (C=O) groups is 1. The van der Waals surface area contributed by atoms with E-state index >= 15 is 0 Å². The Morgan fingerprint density at radius 2 is 1.63 bits per heavy atom. The van der Waals surface area contributed by atoms with Crippen LogP contribution in [-0.2, 0) is 5.41 Å². The molecule has 1 aromatic rings. The molecule has 0 aliphatic carbocycles. The second kappa shape index (κ2) is 6.68. The van der Waals surface area contributed by atoms with Gasteiger partial charge in [0.15, 0.2) is 0 Å². The molecule has 1 aromatic carbocycles. The summed E-state index contributed by atoms with van der Waals surface area (Å²) in [6, 6.07) is 5.27. The van der Waals surface area contributed by atoms with Crippen molar-refractivity contribution in [1.82, 2.24) is 0 Å². The molecule has 1 rings (SSSR count). The molecule has 0 saturated carbocycles. The van der Waals surface area contributed by atoms with Crippen LogP contribution in [0.5, 0.6) is 5.75 Å². The molecule has 0 bridgehead atoms. The van der Waals surface area contributed by atoms with Crippen molar-refractivity contribution in [3.05, 3.63) is 29.3 Å². The van der Waals surface area contributed by atoms with Gasteiger partial charge in [-0.3, -0.25) is 0 Å². The number of hydrogen-bond acceptors (Lipinski definition) is 2. The first-order valence-electron chi connectivity index (χ1n) is 6.08. The molecule has 1 N–H and O–H groups in total. The van der Waals surface area contributed by atoms with E-state index in [1.165, 1.54) is 0 Å². The van der Waals surface area contributed by atoms with E-state index in [1.54, 1.807) is 12.1 Å². The van der Waals surface area contributed by atoms with E-state index in [0.29, 0.717) is 5.75 Å². The standard InChI is InChI=1S/C15H22O3.Ba.2H/c1-14(2,3)11-9-7-8-10(13(16)17)12(11)18-15(4,5)6;;;/h7-9H,1-6H3,(H,16,17);;;. The predicted molar refractivity (Wildman–Crippen MR) is 81.0 cm³/mol. The molecule has 0 heterocycles. The molecule has 0 atom stereocenters. The summed E-state index contributed by atoms with van der Waals surface area (Å²) >= 11 is 0. The first-order valence-corrected chi connectivity index (χ1v) is 6.08. The molecular weight excluding hydrogens is 365 g/mol. The quantitative estimate of drug-likeness (QED) is 0.791. The first kappa shape index (κ1) is 19.1. The molecule has 3 nitrogen and oxygen atoms in total. The van der Waals surface area contributed by atoms with Crippen LogP contribution in [0.1, 0.15) is 57.5 Å². The van der Waals surface area contributed by atoms with E-state index in [0.717, 1.165) is 5.56 Å². The number of ether oxygens (including phenoxy) is 1. The van der Waals surface area contributed by atoms with Crippen LogP contribution in [0, 0.1) is 0 Å². The maximum absolute atomic E-state index is 11.3. The van der Waals surface area contributed by atoms with Crippen LogP contribution in [0.2, 0.25) is 0 Å². The minimum atomic E-state index is -0.958. The normalized spacial score (nSPS) is 11.7. The van der Waals surface area contributed by atoms with Crippen molar-refractivity contribution in [1.29, 1.82) is 0 Å². The average Bonchev–Trinajstić information content (AvgIpc) is 2.13. The molecule has 0 aliphatic heterocycles. The van der Waals surface area contributed by atoms with E-state index in [4.69, 9.17) is 4.74 Å². The number of carboxylic acid groups (broad SMARTS) is 1. The summed E-state index contributed by atoms with van der Waals surface area (Å²) < 4.78 is 5.87. The van der Waals surface area contributed by atoms with Crippen molar-refractivity contribution in [2.45, 2.75) is 52.6 Å². The first-order chi connectivity index (χ1) is 8.02. The van der Waals surface area contributed by atoms with Gasteiger partial charge in [0.1, 0.15) is 16.9 Å². The molecule has 0 aliphatic rings. The van der Waals surface area contributed by atoms with Gasteiger partial charge in [0, 0.05) is 5.56 Å². The van der Waals surface area contributed by atoms with Crippen LogP contribution in [0.25, 0.3) is 0 Å². The second-order valence-corrected chi connectivity index (χ2v) is 6.45. The number of carboxylic acids is 1. The zero-order chi connectivity index (χ0) is 14.1. The topological polar surface area (TPSA) is 46.5 Å². The third-order valence-corrected chi connectivity index (χ3v) is 2.46. The molecule has 19 heavy (non-hydrogen) atoms. The van der Waals surface area contributed by atoms with Gasteiger partial charge in [0.25, 0.3) is 0 Å². The van der Waals surface area contributed by atoms with Gasteiger partial charge < -0.3 is 9.84 Å². The summed E-state index contributed by atoms with van der Waals surface area (Å²) in [7, 11) is 0. The molecular formula is C15H24BaO3. The summed E-state index contributed by atoms with van der Waals surface area (Å²) in [5.41, 5.74) is 0.548. The minimum absolute atomic E-state index is 0. The molecule has 0 spiro atoms. The van der Waals surface area contributed by atoms with Crippen molar-refractivity contribution in [3.63, 3.8) is 0 Å². The Labute approximate surface area is 155 Å². The summed E-state index contributed by atoms with van der Waals surface area (Å²) in [5.74, 6) is -0.481. The Balaban J connectivity index is 0.00000324. The number of hydrogen-bond donors (Lipinski definition) is 1. The van der Waals surface area contributed by atoms with Crippen LogP contribution in [-0.4, -0.2) is 65.6 Å². The van der Waals surface area contributed by atoms with Gasteiger partial charge in [-0.25, -0.2) is 4.79 Å². The third-order valence-electron chi connectivity index (χ3n) is 2.46. The third kappa shape index (κ3) is 5.52. The molecule has 0 amide bonds. The number of rotatable bonds is 2. The van der Waals surface area contributed by atoms with Crippen molar-refractivity contribution in [3.8, 4) is 5.75 Å². The fourth-order valence-electron chi connectivity index (χ4n) is 1.71. The molecule has 0 radical (unpaired) electrons. The van der Waals surface area contributed by atoms with Crippen molar-refractivity contribution >= 4 is 54.9 Å². The van der Waals surface area contributed by atoms with Gasteiger partial charge in [-0.15, -0.1) is 0 Å². The van der Waals surface area contributed by atoms with E-state index in [-0.39, 0.29) is 59.9 Å². The van der Waals surface area contributed by atoms with Gasteiger partial charge in [0.2, 0.25) is 0 Å². The van der Waals surface area contributed by atoms with Crippen LogP contribution in [0.4, 0.5) is 0 Å². The average molecular weight is 390 g/mol. The number of para-hydroxylation sites is 1. The zero-order valence-electron chi connectivity index (χ0n) is 12.0. The van der Waals surface area contributed by atoms with Crippen LogP contribution < -0.4 is 4.74 Å². The van der Waals surface area contributed by atoms with Crippen molar-refractivity contribution in [2.75, 3.05) is 0 Å². The molecule has 0 saturated heterocycles. The van der Waals surface area contributed by atoms with E-state index in [2.05, 4.69) is 0 Å². The SMILES string of the molecule is CC(C)(C)Oc1c(C(=O)O)cccc1C(C)(C)C.[BaH2]. The molecule has 0 unspecified atom stereocenters. The summed E-state index contributed by atoms with van der Waals surface area (Å²) in [4.78, 5) is 11.3. The van der Waals surface area contributed by atoms with Crippen LogP contribution in [0.15, 0.2) is 18.2 Å². The number of benzene rings is 1. The fourth-order valence-corrected chi connectivity index (χ4v) is 1.71. The maximum atomic E-state index is 11.3. The Kier molecular flexibility index (Phi) is 6.70. The molecule has 0 aromatic heterocycles. The Morgan fingerprint density at radius 1 is 1.11 bits per heavy atom. The molecule has 0 fully saturated rings. The van der Waals surface area contributed by atoms with E-state index < -0.39 is 11.6 Å². The Morgan fingerprint density at radius 3 is 2.00 bits per heavy atom. The molecule has 4 heteroatoms. The van der Waals surface area contributed by atoms with Crippen molar-refractivity contribution < 1.29 is 14.6 Å². The number of aromatic carboxylic acids is 1. The Hall–Kier alpha value is 0.0614. The fraction of sp³-hybridized carbons (Fsp3) is 0.533. The summed E-state index contributed by atoms with van der Waals surface area (Å²) in [6.07, 6.45) is 0. The summed E-state index contributed by atoms with van der Waals surface area (Å²) in [6.45, 7) is 11.9. The summed E-state index contributed by atoms with van der Waals surface area (Å²) in [5, 5.41) is 9.27.